The van der Waals surface area contributed by atoms with Gasteiger partial charge in [-0.1, -0.05) is 0 Å². The van der Waals surface area contributed by atoms with Gasteiger partial charge in [0.2, 0.25) is 0 Å². The largest absolute Gasteiger partial charge is 0.396 e. The molecule has 1 aliphatic rings. The van der Waals surface area contributed by atoms with E-state index in [2.05, 4.69) is 20.5 Å². The van der Waals surface area contributed by atoms with Crippen molar-refractivity contribution in [1.29, 1.82) is 0 Å². The third-order valence-corrected chi connectivity index (χ3v) is 3.20. The molecule has 0 saturated heterocycles. The van der Waals surface area contributed by atoms with Crippen molar-refractivity contribution < 1.29 is 13.2 Å². The number of hydrogen-bond acceptors (Lipinski definition) is 4. The van der Waals surface area contributed by atoms with Crippen molar-refractivity contribution in [2.75, 3.05) is 6.54 Å². The van der Waals surface area contributed by atoms with Crippen LogP contribution in [0.2, 0.25) is 0 Å². The third kappa shape index (κ3) is 2.51. The van der Waals surface area contributed by atoms with Gasteiger partial charge in [0, 0.05) is 25.5 Å². The maximum absolute atomic E-state index is 12.5. The summed E-state index contributed by atoms with van der Waals surface area (Å²) in [6.07, 6.45) is -2.05. The molecule has 106 valence electrons. The number of halogens is 3. The first-order valence-electron chi connectivity index (χ1n) is 6.16. The van der Waals surface area contributed by atoms with Crippen LogP contribution >= 0.6 is 0 Å². The van der Waals surface area contributed by atoms with Gasteiger partial charge in [0.25, 0.3) is 0 Å². The minimum atomic E-state index is -4.28. The number of nitrogens with zero attached hydrogens (tertiary/aromatic N) is 4. The summed E-state index contributed by atoms with van der Waals surface area (Å²) >= 11 is 0. The Hall–Kier alpha value is -1.96. The SMILES string of the molecule is FC(F)(F)Cc1nnc2n1CCNC2c1ccncc1. The number of alkyl halides is 3. The molecule has 0 bridgehead atoms. The van der Waals surface area contributed by atoms with E-state index in [4.69, 9.17) is 0 Å². The molecule has 0 aliphatic carbocycles. The number of hydrogen-bond donors (Lipinski definition) is 1. The molecule has 0 spiro atoms. The van der Waals surface area contributed by atoms with Crippen molar-refractivity contribution >= 4 is 0 Å². The van der Waals surface area contributed by atoms with E-state index in [-0.39, 0.29) is 11.9 Å². The van der Waals surface area contributed by atoms with Crippen LogP contribution in [0.3, 0.4) is 0 Å². The summed E-state index contributed by atoms with van der Waals surface area (Å²) in [6, 6.07) is 3.37. The summed E-state index contributed by atoms with van der Waals surface area (Å²) < 4.78 is 39.1. The Kier molecular flexibility index (Phi) is 3.17. The van der Waals surface area contributed by atoms with E-state index in [9.17, 15) is 13.2 Å². The van der Waals surface area contributed by atoms with Gasteiger partial charge < -0.3 is 9.88 Å². The van der Waals surface area contributed by atoms with Gasteiger partial charge in [-0.2, -0.15) is 13.2 Å². The zero-order chi connectivity index (χ0) is 14.2. The van der Waals surface area contributed by atoms with Gasteiger partial charge in [-0.15, -0.1) is 10.2 Å². The van der Waals surface area contributed by atoms with Crippen molar-refractivity contribution in [3.63, 3.8) is 0 Å². The van der Waals surface area contributed by atoms with Crippen molar-refractivity contribution in [3.05, 3.63) is 41.7 Å². The molecular formula is C12H12F3N5. The molecule has 0 radical (unpaired) electrons. The lowest BCUT2D eigenvalue weighted by Gasteiger charge is -2.25. The quantitative estimate of drug-likeness (QED) is 0.907. The molecule has 0 aromatic carbocycles. The number of pyridine rings is 1. The molecule has 0 fully saturated rings. The van der Waals surface area contributed by atoms with E-state index in [0.29, 0.717) is 18.9 Å². The van der Waals surface area contributed by atoms with Crippen molar-refractivity contribution in [2.45, 2.75) is 25.2 Å². The molecule has 1 atom stereocenters. The first-order chi connectivity index (χ1) is 9.54. The van der Waals surface area contributed by atoms with Crippen LogP contribution in [-0.4, -0.2) is 32.5 Å². The third-order valence-electron chi connectivity index (χ3n) is 3.20. The predicted octanol–water partition coefficient (Wildman–Crippen LogP) is 1.47. The molecule has 0 saturated carbocycles. The second-order valence-corrected chi connectivity index (χ2v) is 4.59. The van der Waals surface area contributed by atoms with Crippen LogP contribution in [0.5, 0.6) is 0 Å². The Bertz CT molecular complexity index is 593. The van der Waals surface area contributed by atoms with E-state index in [1.807, 2.05) is 12.1 Å². The van der Waals surface area contributed by atoms with E-state index >= 15 is 0 Å². The fraction of sp³-hybridized carbons (Fsp3) is 0.417. The lowest BCUT2D eigenvalue weighted by atomic mass is 10.1. The molecule has 2 aromatic heterocycles. The molecule has 20 heavy (non-hydrogen) atoms. The summed E-state index contributed by atoms with van der Waals surface area (Å²) in [5.41, 5.74) is 0.909. The summed E-state index contributed by atoms with van der Waals surface area (Å²) in [7, 11) is 0. The van der Waals surface area contributed by atoms with Crippen LogP contribution in [0.4, 0.5) is 13.2 Å². The van der Waals surface area contributed by atoms with Gasteiger partial charge in [0.15, 0.2) is 5.82 Å². The molecule has 0 amide bonds. The fourth-order valence-electron chi connectivity index (χ4n) is 2.35. The van der Waals surface area contributed by atoms with E-state index in [1.54, 1.807) is 17.0 Å². The Morgan fingerprint density at radius 3 is 2.70 bits per heavy atom. The molecule has 3 heterocycles. The first-order valence-corrected chi connectivity index (χ1v) is 6.16. The summed E-state index contributed by atoms with van der Waals surface area (Å²) in [5, 5.41) is 10.9. The Balaban J connectivity index is 1.95. The predicted molar refractivity (Wildman–Crippen MR) is 63.9 cm³/mol. The van der Waals surface area contributed by atoms with Crippen LogP contribution in [0.25, 0.3) is 0 Å². The topological polar surface area (TPSA) is 55.6 Å². The molecular weight excluding hydrogens is 271 g/mol. The number of fused-ring (bicyclic) bond motifs is 1. The Morgan fingerprint density at radius 2 is 2.00 bits per heavy atom. The Labute approximate surface area is 112 Å². The molecule has 1 unspecified atom stereocenters. The maximum Gasteiger partial charge on any atom is 0.396 e. The van der Waals surface area contributed by atoms with Gasteiger partial charge in [-0.25, -0.2) is 0 Å². The highest BCUT2D eigenvalue weighted by Crippen LogP contribution is 2.26. The van der Waals surface area contributed by atoms with Crippen LogP contribution < -0.4 is 5.32 Å². The van der Waals surface area contributed by atoms with Gasteiger partial charge >= 0.3 is 6.18 Å². The van der Waals surface area contributed by atoms with Gasteiger partial charge in [0.05, 0.1) is 6.04 Å². The summed E-state index contributed by atoms with van der Waals surface area (Å²) in [4.78, 5) is 3.93. The summed E-state index contributed by atoms with van der Waals surface area (Å²) in [6.45, 7) is 1.01. The standard InChI is InChI=1S/C12H12F3N5/c13-12(14,15)7-9-18-19-11-10(17-5-6-20(9)11)8-1-3-16-4-2-8/h1-4,10,17H,5-7H2. The van der Waals surface area contributed by atoms with Crippen LogP contribution in [-0.2, 0) is 13.0 Å². The van der Waals surface area contributed by atoms with E-state index in [0.717, 1.165) is 5.56 Å². The van der Waals surface area contributed by atoms with Crippen molar-refractivity contribution in [2.24, 2.45) is 0 Å². The Morgan fingerprint density at radius 1 is 1.25 bits per heavy atom. The number of aromatic nitrogens is 4. The molecule has 1 aliphatic heterocycles. The molecule has 5 nitrogen and oxygen atoms in total. The lowest BCUT2D eigenvalue weighted by molar-refractivity contribution is -0.129. The second kappa shape index (κ2) is 4.86. The van der Waals surface area contributed by atoms with Gasteiger partial charge in [-0.05, 0) is 17.7 Å². The average Bonchev–Trinajstić information content (AvgIpc) is 2.81. The molecule has 8 heteroatoms. The maximum atomic E-state index is 12.5. The van der Waals surface area contributed by atoms with Crippen molar-refractivity contribution in [1.82, 2.24) is 25.1 Å². The highest BCUT2D eigenvalue weighted by molar-refractivity contribution is 5.24. The van der Waals surface area contributed by atoms with Crippen LogP contribution in [0.1, 0.15) is 23.3 Å². The van der Waals surface area contributed by atoms with Gasteiger partial charge in [-0.3, -0.25) is 4.98 Å². The average molecular weight is 283 g/mol. The number of nitrogens with one attached hydrogen (secondary N) is 1. The zero-order valence-corrected chi connectivity index (χ0v) is 10.4. The minimum Gasteiger partial charge on any atom is -0.312 e. The number of rotatable bonds is 2. The normalized spacial score (nSPS) is 18.9. The molecule has 1 N–H and O–H groups in total. The zero-order valence-electron chi connectivity index (χ0n) is 10.4. The highest BCUT2D eigenvalue weighted by atomic mass is 19.4. The van der Waals surface area contributed by atoms with Crippen LogP contribution in [0.15, 0.2) is 24.5 Å². The fourth-order valence-corrected chi connectivity index (χ4v) is 2.35. The van der Waals surface area contributed by atoms with E-state index < -0.39 is 12.6 Å². The van der Waals surface area contributed by atoms with E-state index in [1.165, 1.54) is 0 Å². The second-order valence-electron chi connectivity index (χ2n) is 4.59. The van der Waals surface area contributed by atoms with Gasteiger partial charge in [0.1, 0.15) is 12.2 Å². The molecule has 2 aromatic rings. The molecule has 3 rings (SSSR count). The first kappa shape index (κ1) is 13.0. The highest BCUT2D eigenvalue weighted by Gasteiger charge is 2.33. The smallest absolute Gasteiger partial charge is 0.312 e. The van der Waals surface area contributed by atoms with Crippen molar-refractivity contribution in [3.8, 4) is 0 Å². The van der Waals surface area contributed by atoms with Crippen LogP contribution in [0, 0.1) is 0 Å². The summed E-state index contributed by atoms with van der Waals surface area (Å²) in [5.74, 6) is 0.481. The lowest BCUT2D eigenvalue weighted by Crippen LogP contribution is -2.35. The minimum absolute atomic E-state index is 0.0342. The monoisotopic (exact) mass is 283 g/mol.